The summed E-state index contributed by atoms with van der Waals surface area (Å²) in [7, 11) is 3.49. The van der Waals surface area contributed by atoms with Crippen molar-refractivity contribution in [1.82, 2.24) is 24.9 Å². The van der Waals surface area contributed by atoms with Crippen molar-refractivity contribution in [2.75, 3.05) is 13.6 Å². The standard InChI is InChI=1S/C26H37N5O5/c1-5-12-30(3)26(34)35-15-20-24(28-29-31(20)4)22-16(2)13-21(23(27-22)17-8-6-9-17)36-19-11-7-10-18(14-19)25(32)33/h13,17-19H,5-12,14-15H2,1-4H3,(H,32,33)/t18-,19-/m0/s1. The molecule has 0 aromatic carbocycles. The SMILES string of the molecule is CCCN(C)C(=O)OCc1c(-c2nc(C3CCC3)c(O[C@H]3CCC[C@H](C(=O)O)C3)cc2C)nnn1C. The number of amides is 1. The van der Waals surface area contributed by atoms with Crippen LogP contribution < -0.4 is 4.74 Å². The number of aryl methyl sites for hydroxylation is 2. The number of rotatable bonds is 9. The summed E-state index contributed by atoms with van der Waals surface area (Å²) in [6.07, 6.45) is 6.49. The van der Waals surface area contributed by atoms with Gasteiger partial charge in [0.25, 0.3) is 0 Å². The van der Waals surface area contributed by atoms with Crippen molar-refractivity contribution in [1.29, 1.82) is 0 Å². The Morgan fingerprint density at radius 3 is 2.61 bits per heavy atom. The molecule has 0 saturated heterocycles. The molecular formula is C26H37N5O5. The average Bonchev–Trinajstić information content (AvgIpc) is 3.18. The van der Waals surface area contributed by atoms with Gasteiger partial charge in [0.15, 0.2) is 0 Å². The molecule has 0 aliphatic heterocycles. The van der Waals surface area contributed by atoms with Crippen LogP contribution in [0.15, 0.2) is 6.07 Å². The summed E-state index contributed by atoms with van der Waals surface area (Å²) in [6, 6.07) is 2.00. The number of carbonyl (C=O) groups excluding carboxylic acids is 1. The zero-order valence-corrected chi connectivity index (χ0v) is 21.7. The van der Waals surface area contributed by atoms with Crippen molar-refractivity contribution in [2.24, 2.45) is 13.0 Å². The third-order valence-corrected chi connectivity index (χ3v) is 7.34. The maximum Gasteiger partial charge on any atom is 0.409 e. The van der Waals surface area contributed by atoms with E-state index in [1.54, 1.807) is 23.7 Å². The third-order valence-electron chi connectivity index (χ3n) is 7.34. The number of aliphatic carboxylic acids is 1. The molecule has 1 amide bonds. The summed E-state index contributed by atoms with van der Waals surface area (Å²) in [5.74, 6) is -0.0525. The highest BCUT2D eigenvalue weighted by molar-refractivity contribution is 5.70. The van der Waals surface area contributed by atoms with Gasteiger partial charge < -0.3 is 19.5 Å². The van der Waals surface area contributed by atoms with Gasteiger partial charge in [0.1, 0.15) is 23.7 Å². The quantitative estimate of drug-likeness (QED) is 0.537. The molecule has 4 rings (SSSR count). The van der Waals surface area contributed by atoms with Crippen molar-refractivity contribution < 1.29 is 24.2 Å². The Labute approximate surface area is 212 Å². The third kappa shape index (κ3) is 5.63. The van der Waals surface area contributed by atoms with E-state index >= 15 is 0 Å². The topological polar surface area (TPSA) is 120 Å². The first-order valence-electron chi connectivity index (χ1n) is 13.0. The Bertz CT molecular complexity index is 1100. The minimum atomic E-state index is -0.746. The maximum absolute atomic E-state index is 12.3. The fraction of sp³-hybridized carbons (Fsp3) is 0.654. The molecule has 10 nitrogen and oxygen atoms in total. The van der Waals surface area contributed by atoms with Crippen LogP contribution in [0.1, 0.15) is 81.2 Å². The van der Waals surface area contributed by atoms with Gasteiger partial charge in [-0.1, -0.05) is 18.6 Å². The molecule has 196 valence electrons. The molecule has 36 heavy (non-hydrogen) atoms. The van der Waals surface area contributed by atoms with Gasteiger partial charge in [0, 0.05) is 26.6 Å². The molecule has 0 bridgehead atoms. The second-order valence-corrected chi connectivity index (χ2v) is 10.1. The molecule has 0 unspecified atom stereocenters. The number of aromatic nitrogens is 4. The number of carbonyl (C=O) groups is 2. The minimum Gasteiger partial charge on any atom is -0.488 e. The Kier molecular flexibility index (Phi) is 8.11. The van der Waals surface area contributed by atoms with Crippen LogP contribution in [0.3, 0.4) is 0 Å². The zero-order valence-electron chi connectivity index (χ0n) is 21.7. The fourth-order valence-corrected chi connectivity index (χ4v) is 4.96. The van der Waals surface area contributed by atoms with E-state index in [0.717, 1.165) is 55.5 Å². The molecule has 0 spiro atoms. The van der Waals surface area contributed by atoms with Gasteiger partial charge >= 0.3 is 12.1 Å². The lowest BCUT2D eigenvalue weighted by Crippen LogP contribution is -2.30. The number of hydrogen-bond acceptors (Lipinski definition) is 7. The molecule has 2 saturated carbocycles. The lowest BCUT2D eigenvalue weighted by Gasteiger charge is -2.31. The minimum absolute atomic E-state index is 0.0442. The number of nitrogens with zero attached hydrogens (tertiary/aromatic N) is 5. The summed E-state index contributed by atoms with van der Waals surface area (Å²) in [6.45, 7) is 4.63. The number of carboxylic acids is 1. The molecule has 2 aromatic rings. The lowest BCUT2D eigenvalue weighted by atomic mass is 9.81. The van der Waals surface area contributed by atoms with E-state index in [1.165, 1.54) is 0 Å². The number of carboxylic acid groups (broad SMARTS) is 1. The smallest absolute Gasteiger partial charge is 0.409 e. The van der Waals surface area contributed by atoms with E-state index in [0.29, 0.717) is 42.4 Å². The number of hydrogen-bond donors (Lipinski definition) is 1. The first-order chi connectivity index (χ1) is 17.3. The van der Waals surface area contributed by atoms with Crippen LogP contribution in [0, 0.1) is 12.8 Å². The molecule has 2 aromatic heterocycles. The summed E-state index contributed by atoms with van der Waals surface area (Å²) in [5.41, 5.74) is 3.76. The molecule has 2 heterocycles. The second-order valence-electron chi connectivity index (χ2n) is 10.1. The average molecular weight is 500 g/mol. The van der Waals surface area contributed by atoms with Gasteiger partial charge in [-0.2, -0.15) is 0 Å². The van der Waals surface area contributed by atoms with E-state index < -0.39 is 5.97 Å². The van der Waals surface area contributed by atoms with Crippen molar-refractivity contribution in [2.45, 2.75) is 83.8 Å². The van der Waals surface area contributed by atoms with Gasteiger partial charge in [0.2, 0.25) is 0 Å². The summed E-state index contributed by atoms with van der Waals surface area (Å²) in [5, 5.41) is 18.0. The summed E-state index contributed by atoms with van der Waals surface area (Å²) in [4.78, 5) is 30.4. The van der Waals surface area contributed by atoms with E-state index in [9.17, 15) is 14.7 Å². The van der Waals surface area contributed by atoms with Crippen LogP contribution >= 0.6 is 0 Å². The van der Waals surface area contributed by atoms with E-state index in [2.05, 4.69) is 10.3 Å². The first kappa shape index (κ1) is 25.9. The zero-order chi connectivity index (χ0) is 25.8. The van der Waals surface area contributed by atoms with E-state index in [1.807, 2.05) is 19.9 Å². The monoisotopic (exact) mass is 499 g/mol. The number of pyridine rings is 1. The van der Waals surface area contributed by atoms with Crippen molar-refractivity contribution in [3.8, 4) is 17.1 Å². The van der Waals surface area contributed by atoms with Crippen molar-refractivity contribution in [3.63, 3.8) is 0 Å². The highest BCUT2D eigenvalue weighted by atomic mass is 16.6. The van der Waals surface area contributed by atoms with E-state index in [4.69, 9.17) is 14.5 Å². The maximum atomic E-state index is 12.3. The van der Waals surface area contributed by atoms with Gasteiger partial charge in [0.05, 0.1) is 23.4 Å². The summed E-state index contributed by atoms with van der Waals surface area (Å²) < 4.78 is 13.6. The molecule has 2 fully saturated rings. The molecule has 2 aliphatic carbocycles. The Hall–Kier alpha value is -3.17. The number of ether oxygens (including phenoxy) is 2. The molecule has 10 heteroatoms. The second kappa shape index (κ2) is 11.3. The Balaban J connectivity index is 1.60. The molecular weight excluding hydrogens is 462 g/mol. The Morgan fingerprint density at radius 1 is 1.19 bits per heavy atom. The van der Waals surface area contributed by atoms with Crippen molar-refractivity contribution in [3.05, 3.63) is 23.0 Å². The Morgan fingerprint density at radius 2 is 1.94 bits per heavy atom. The predicted octanol–water partition coefficient (Wildman–Crippen LogP) is 4.45. The largest absolute Gasteiger partial charge is 0.488 e. The van der Waals surface area contributed by atoms with Crippen LogP contribution in [0.4, 0.5) is 4.79 Å². The van der Waals surface area contributed by atoms with Crippen LogP contribution in [0.5, 0.6) is 5.75 Å². The predicted molar refractivity (Wildman–Crippen MR) is 133 cm³/mol. The first-order valence-corrected chi connectivity index (χ1v) is 13.0. The molecule has 1 N–H and O–H groups in total. The van der Waals surface area contributed by atoms with Crippen molar-refractivity contribution >= 4 is 12.1 Å². The fourth-order valence-electron chi connectivity index (χ4n) is 4.96. The normalized spacial score (nSPS) is 20.0. The highest BCUT2D eigenvalue weighted by Crippen LogP contribution is 2.42. The van der Waals surface area contributed by atoms with Crippen LogP contribution in [0.25, 0.3) is 11.4 Å². The highest BCUT2D eigenvalue weighted by Gasteiger charge is 2.32. The van der Waals surface area contributed by atoms with Crippen LogP contribution in [-0.2, 0) is 23.2 Å². The molecule has 2 aliphatic rings. The van der Waals surface area contributed by atoms with Crippen LogP contribution in [0.2, 0.25) is 0 Å². The van der Waals surface area contributed by atoms with Crippen LogP contribution in [-0.4, -0.2) is 61.7 Å². The summed E-state index contributed by atoms with van der Waals surface area (Å²) >= 11 is 0. The van der Waals surface area contributed by atoms with Gasteiger partial charge in [-0.05, 0) is 63.5 Å². The van der Waals surface area contributed by atoms with Gasteiger partial charge in [-0.15, -0.1) is 5.10 Å². The molecule has 2 atom stereocenters. The van der Waals surface area contributed by atoms with Gasteiger partial charge in [-0.3, -0.25) is 4.79 Å². The lowest BCUT2D eigenvalue weighted by molar-refractivity contribution is -0.143. The van der Waals surface area contributed by atoms with Gasteiger partial charge in [-0.25, -0.2) is 14.5 Å². The molecule has 0 radical (unpaired) electrons. The van der Waals surface area contributed by atoms with E-state index in [-0.39, 0.29) is 24.7 Å².